The lowest BCUT2D eigenvalue weighted by molar-refractivity contribution is -0.478. The molecule has 0 radical (unpaired) electrons. The first-order valence-corrected chi connectivity index (χ1v) is 3.77. The van der Waals surface area contributed by atoms with E-state index in [-0.39, 0.29) is 0 Å². The molecule has 1 fully saturated rings. The van der Waals surface area contributed by atoms with E-state index in [0.29, 0.717) is 12.8 Å². The molecule has 0 aromatic rings. The summed E-state index contributed by atoms with van der Waals surface area (Å²) in [6.45, 7) is 3.44. The van der Waals surface area contributed by atoms with Gasteiger partial charge in [-0.1, -0.05) is 13.8 Å². The second kappa shape index (κ2) is 3.10. The largest absolute Gasteiger partial charge is 0.364 e. The average molecular weight is 174 g/mol. The fourth-order valence-electron chi connectivity index (χ4n) is 1.15. The van der Waals surface area contributed by atoms with E-state index in [9.17, 15) is 9.59 Å². The van der Waals surface area contributed by atoms with E-state index in [2.05, 4.69) is 14.8 Å². The summed E-state index contributed by atoms with van der Waals surface area (Å²) in [6, 6.07) is 0. The number of hydrogen-bond acceptors (Lipinski definition) is 5. The lowest BCUT2D eigenvalue weighted by Crippen LogP contribution is -2.44. The molecule has 0 atom stereocenters. The van der Waals surface area contributed by atoms with Crippen LogP contribution in [0.25, 0.3) is 0 Å². The third-order valence-electron chi connectivity index (χ3n) is 2.21. The highest BCUT2D eigenvalue weighted by atomic mass is 17.5. The van der Waals surface area contributed by atoms with Gasteiger partial charge < -0.3 is 0 Å². The van der Waals surface area contributed by atoms with Gasteiger partial charge in [-0.25, -0.2) is 9.59 Å². The third kappa shape index (κ3) is 1.06. The molecule has 0 spiro atoms. The maximum atomic E-state index is 11.1. The van der Waals surface area contributed by atoms with E-state index >= 15 is 0 Å². The highest BCUT2D eigenvalue weighted by Gasteiger charge is 2.50. The minimum Gasteiger partial charge on any atom is -0.258 e. The van der Waals surface area contributed by atoms with Gasteiger partial charge in [0, 0.05) is 5.04 Å². The van der Waals surface area contributed by atoms with E-state index in [4.69, 9.17) is 0 Å². The molecule has 0 amide bonds. The lowest BCUT2D eigenvalue weighted by atomic mass is 9.82. The molecule has 1 aliphatic rings. The quantitative estimate of drug-likeness (QED) is 0.456. The Balaban J connectivity index is 2.93. The van der Waals surface area contributed by atoms with Gasteiger partial charge in [0.1, 0.15) is 0 Å². The summed E-state index contributed by atoms with van der Waals surface area (Å²) < 4.78 is 0. The van der Waals surface area contributed by atoms with E-state index < -0.39 is 17.4 Å². The first-order chi connectivity index (χ1) is 5.67. The molecule has 0 aliphatic carbocycles. The van der Waals surface area contributed by atoms with Crippen LogP contribution in [0.4, 0.5) is 0 Å². The Labute approximate surface area is 69.4 Å². The van der Waals surface area contributed by atoms with Gasteiger partial charge in [0.05, 0.1) is 0 Å². The standard InChI is InChI=1S/C7H10O5/c1-3-7(4-2)5(8)10-12-11-6(7)9/h3-4H2,1-2H3. The second-order valence-corrected chi connectivity index (χ2v) is 2.60. The molecule has 1 aliphatic heterocycles. The van der Waals surface area contributed by atoms with Gasteiger partial charge in [-0.15, -0.1) is 0 Å². The molecule has 0 N–H and O–H groups in total. The van der Waals surface area contributed by atoms with Crippen molar-refractivity contribution in [2.75, 3.05) is 0 Å². The van der Waals surface area contributed by atoms with Crippen LogP contribution in [0.1, 0.15) is 26.7 Å². The van der Waals surface area contributed by atoms with Crippen molar-refractivity contribution in [3.8, 4) is 0 Å². The van der Waals surface area contributed by atoms with Crippen molar-refractivity contribution >= 4 is 11.9 Å². The van der Waals surface area contributed by atoms with Crippen LogP contribution in [-0.2, 0) is 24.4 Å². The Hall–Kier alpha value is -1.10. The lowest BCUT2D eigenvalue weighted by Gasteiger charge is -2.27. The van der Waals surface area contributed by atoms with Crippen LogP contribution in [0.15, 0.2) is 0 Å². The van der Waals surface area contributed by atoms with Crippen molar-refractivity contribution in [2.45, 2.75) is 26.7 Å². The Kier molecular flexibility index (Phi) is 2.32. The van der Waals surface area contributed by atoms with Crippen molar-refractivity contribution < 1.29 is 24.4 Å². The number of carbonyl (C=O) groups excluding carboxylic acids is 2. The summed E-state index contributed by atoms with van der Waals surface area (Å²) >= 11 is 0. The summed E-state index contributed by atoms with van der Waals surface area (Å²) in [6.07, 6.45) is 0.703. The fourth-order valence-corrected chi connectivity index (χ4v) is 1.15. The van der Waals surface area contributed by atoms with Crippen LogP contribution in [0.3, 0.4) is 0 Å². The molecule has 5 heteroatoms. The highest BCUT2D eigenvalue weighted by molar-refractivity contribution is 6.00. The molecule has 0 saturated carbocycles. The van der Waals surface area contributed by atoms with Gasteiger partial charge in [0.2, 0.25) is 0 Å². The van der Waals surface area contributed by atoms with Crippen LogP contribution in [0.5, 0.6) is 0 Å². The molecular formula is C7H10O5. The van der Waals surface area contributed by atoms with Gasteiger partial charge >= 0.3 is 11.9 Å². The normalized spacial score (nSPS) is 21.5. The molecule has 1 rings (SSSR count). The van der Waals surface area contributed by atoms with Crippen molar-refractivity contribution in [3.63, 3.8) is 0 Å². The fraction of sp³-hybridized carbons (Fsp3) is 0.714. The zero-order valence-corrected chi connectivity index (χ0v) is 6.96. The molecule has 0 aromatic carbocycles. The molecule has 68 valence electrons. The van der Waals surface area contributed by atoms with E-state index in [1.807, 2.05) is 0 Å². The number of rotatable bonds is 2. The summed E-state index contributed by atoms with van der Waals surface area (Å²) in [4.78, 5) is 30.6. The summed E-state index contributed by atoms with van der Waals surface area (Å²) in [5.74, 6) is -1.35. The first-order valence-electron chi connectivity index (χ1n) is 3.77. The van der Waals surface area contributed by atoms with E-state index in [0.717, 1.165) is 0 Å². The van der Waals surface area contributed by atoms with Crippen LogP contribution >= 0.6 is 0 Å². The van der Waals surface area contributed by atoms with Crippen molar-refractivity contribution in [1.29, 1.82) is 0 Å². The van der Waals surface area contributed by atoms with Crippen molar-refractivity contribution in [1.82, 2.24) is 0 Å². The van der Waals surface area contributed by atoms with E-state index in [1.54, 1.807) is 13.8 Å². The SMILES string of the molecule is CCC1(CC)C(=O)OOOC1=O. The average Bonchev–Trinajstić information content (AvgIpc) is 2.06. The molecule has 1 heterocycles. The number of carbonyl (C=O) groups is 2. The van der Waals surface area contributed by atoms with Crippen molar-refractivity contribution in [2.24, 2.45) is 5.41 Å². The van der Waals surface area contributed by atoms with Gasteiger partial charge in [-0.05, 0) is 12.8 Å². The zero-order valence-electron chi connectivity index (χ0n) is 6.96. The van der Waals surface area contributed by atoms with Gasteiger partial charge in [0.15, 0.2) is 5.41 Å². The minimum atomic E-state index is -1.17. The maximum Gasteiger partial charge on any atom is 0.364 e. The molecule has 0 aromatic heterocycles. The van der Waals surface area contributed by atoms with E-state index in [1.165, 1.54) is 0 Å². The van der Waals surface area contributed by atoms with Crippen LogP contribution in [0.2, 0.25) is 0 Å². The Bertz CT molecular complexity index is 188. The smallest absolute Gasteiger partial charge is 0.258 e. The van der Waals surface area contributed by atoms with Crippen molar-refractivity contribution in [3.05, 3.63) is 0 Å². The van der Waals surface area contributed by atoms with Gasteiger partial charge in [-0.3, -0.25) is 9.78 Å². The monoisotopic (exact) mass is 174 g/mol. The molecular weight excluding hydrogens is 164 g/mol. The Morgan fingerprint density at radius 3 is 1.75 bits per heavy atom. The minimum absolute atomic E-state index is 0.352. The molecule has 1 saturated heterocycles. The van der Waals surface area contributed by atoms with Crippen LogP contribution < -0.4 is 0 Å². The summed E-state index contributed by atoms with van der Waals surface area (Å²) in [5, 5.41) is 3.85. The van der Waals surface area contributed by atoms with Crippen LogP contribution in [-0.4, -0.2) is 11.9 Å². The molecule has 12 heavy (non-hydrogen) atoms. The summed E-state index contributed by atoms with van der Waals surface area (Å²) in [7, 11) is 0. The van der Waals surface area contributed by atoms with Gasteiger partial charge in [0.25, 0.3) is 0 Å². The number of hydrogen-bond donors (Lipinski definition) is 0. The Morgan fingerprint density at radius 2 is 1.50 bits per heavy atom. The topological polar surface area (TPSA) is 61.8 Å². The summed E-state index contributed by atoms with van der Waals surface area (Å²) in [5.41, 5.74) is -1.17. The predicted octanol–water partition coefficient (Wildman–Crippen LogP) is 0.739. The predicted molar refractivity (Wildman–Crippen MR) is 36.3 cm³/mol. The van der Waals surface area contributed by atoms with Crippen LogP contribution in [0, 0.1) is 5.41 Å². The Morgan fingerprint density at radius 1 is 1.08 bits per heavy atom. The first kappa shape index (κ1) is 8.99. The maximum absolute atomic E-state index is 11.1. The molecule has 5 nitrogen and oxygen atoms in total. The second-order valence-electron chi connectivity index (χ2n) is 2.60. The highest BCUT2D eigenvalue weighted by Crippen LogP contribution is 2.32. The van der Waals surface area contributed by atoms with Gasteiger partial charge in [-0.2, -0.15) is 0 Å². The molecule has 0 bridgehead atoms. The zero-order chi connectivity index (χ0) is 9.19. The molecule has 0 unspecified atom stereocenters. The third-order valence-corrected chi connectivity index (χ3v) is 2.21.